The number of rotatable bonds is 3. The minimum absolute atomic E-state index is 0.176. The van der Waals surface area contributed by atoms with Crippen LogP contribution in [0.15, 0.2) is 53.6 Å². The third-order valence-corrected chi connectivity index (χ3v) is 2.91. The largest absolute Gasteiger partial charge is 0.329 e. The van der Waals surface area contributed by atoms with Crippen LogP contribution in [0.25, 0.3) is 0 Å². The summed E-state index contributed by atoms with van der Waals surface area (Å²) in [5, 5.41) is 6.35. The Kier molecular flexibility index (Phi) is 5.21. The van der Waals surface area contributed by atoms with Crippen LogP contribution in [0, 0.1) is 5.82 Å². The van der Waals surface area contributed by atoms with Crippen LogP contribution in [0.2, 0.25) is 5.02 Å². The Labute approximate surface area is 130 Å². The van der Waals surface area contributed by atoms with E-state index in [1.54, 1.807) is 24.3 Å². The van der Waals surface area contributed by atoms with Crippen molar-refractivity contribution in [3.8, 4) is 0 Å². The molecule has 0 aliphatic carbocycles. The number of hydrogen-bond acceptors (Lipinski definition) is 3. The van der Waals surface area contributed by atoms with Crippen LogP contribution in [-0.4, -0.2) is 18.0 Å². The number of hydrazone groups is 1. The molecule has 22 heavy (non-hydrogen) atoms. The third-order valence-electron chi connectivity index (χ3n) is 2.56. The molecule has 0 radical (unpaired) electrons. The van der Waals surface area contributed by atoms with Gasteiger partial charge in [0.15, 0.2) is 0 Å². The fraction of sp³-hybridized carbons (Fsp3) is 0. The zero-order chi connectivity index (χ0) is 15.9. The summed E-state index contributed by atoms with van der Waals surface area (Å²) in [4.78, 5) is 23.1. The monoisotopic (exact) mass is 319 g/mol. The van der Waals surface area contributed by atoms with Crippen LogP contribution in [0.5, 0.6) is 0 Å². The van der Waals surface area contributed by atoms with Crippen molar-refractivity contribution in [3.63, 3.8) is 0 Å². The van der Waals surface area contributed by atoms with Gasteiger partial charge in [0.1, 0.15) is 5.82 Å². The van der Waals surface area contributed by atoms with Crippen LogP contribution in [0.4, 0.5) is 10.1 Å². The van der Waals surface area contributed by atoms with Crippen LogP contribution in [0.3, 0.4) is 0 Å². The number of hydrogen-bond donors (Lipinski definition) is 2. The van der Waals surface area contributed by atoms with Crippen molar-refractivity contribution in [2.75, 3.05) is 5.32 Å². The molecule has 0 saturated carbocycles. The number of nitrogens with zero attached hydrogens (tertiary/aromatic N) is 1. The lowest BCUT2D eigenvalue weighted by Crippen LogP contribution is -2.32. The molecule has 0 aliphatic rings. The Balaban J connectivity index is 1.92. The average Bonchev–Trinajstić information content (AvgIpc) is 2.49. The predicted molar refractivity (Wildman–Crippen MR) is 82.2 cm³/mol. The highest BCUT2D eigenvalue weighted by molar-refractivity contribution is 6.39. The van der Waals surface area contributed by atoms with E-state index in [-0.39, 0.29) is 5.69 Å². The summed E-state index contributed by atoms with van der Waals surface area (Å²) in [5.74, 6) is -2.45. The molecule has 0 unspecified atom stereocenters. The minimum atomic E-state index is -0.979. The normalized spacial score (nSPS) is 10.5. The van der Waals surface area contributed by atoms with Gasteiger partial charge in [-0.1, -0.05) is 35.9 Å². The van der Waals surface area contributed by atoms with Gasteiger partial charge in [-0.05, 0) is 24.3 Å². The molecule has 0 saturated heterocycles. The molecule has 2 amide bonds. The van der Waals surface area contributed by atoms with Gasteiger partial charge >= 0.3 is 11.8 Å². The Morgan fingerprint density at radius 3 is 2.59 bits per heavy atom. The summed E-state index contributed by atoms with van der Waals surface area (Å²) >= 11 is 5.91. The highest BCUT2D eigenvalue weighted by Gasteiger charge is 2.12. The summed E-state index contributed by atoms with van der Waals surface area (Å²) in [6.07, 6.45) is 1.32. The molecule has 0 bridgehead atoms. The van der Waals surface area contributed by atoms with Crippen LogP contribution in [-0.2, 0) is 9.59 Å². The maximum absolute atomic E-state index is 13.0. The number of halogens is 2. The van der Waals surface area contributed by atoms with Crippen molar-refractivity contribution >= 4 is 35.3 Å². The second-order valence-electron chi connectivity index (χ2n) is 4.19. The summed E-state index contributed by atoms with van der Waals surface area (Å²) in [7, 11) is 0. The standard InChI is InChI=1S/C15H11ClFN3O2/c16-13-7-2-1-4-10(13)9-18-20-15(22)14(21)19-12-6-3-5-11(17)8-12/h1-9H,(H,19,21)(H,20,22). The van der Waals surface area contributed by atoms with E-state index < -0.39 is 17.6 Å². The van der Waals surface area contributed by atoms with E-state index in [0.717, 1.165) is 6.07 Å². The van der Waals surface area contributed by atoms with Crippen molar-refractivity contribution in [2.24, 2.45) is 5.10 Å². The maximum atomic E-state index is 13.0. The number of amides is 2. The van der Waals surface area contributed by atoms with Crippen molar-refractivity contribution in [3.05, 3.63) is 64.9 Å². The molecule has 2 aromatic rings. The van der Waals surface area contributed by atoms with Crippen molar-refractivity contribution in [1.29, 1.82) is 0 Å². The Morgan fingerprint density at radius 1 is 1.09 bits per heavy atom. The van der Waals surface area contributed by atoms with E-state index in [1.807, 2.05) is 0 Å². The van der Waals surface area contributed by atoms with Gasteiger partial charge in [0.25, 0.3) is 0 Å². The molecule has 0 atom stereocenters. The molecule has 7 heteroatoms. The topological polar surface area (TPSA) is 70.6 Å². The van der Waals surface area contributed by atoms with Gasteiger partial charge in [0.2, 0.25) is 0 Å². The first-order valence-electron chi connectivity index (χ1n) is 6.21. The van der Waals surface area contributed by atoms with Crippen molar-refractivity contribution < 1.29 is 14.0 Å². The van der Waals surface area contributed by atoms with Gasteiger partial charge in [-0.3, -0.25) is 9.59 Å². The van der Waals surface area contributed by atoms with E-state index >= 15 is 0 Å². The van der Waals surface area contributed by atoms with Gasteiger partial charge in [-0.25, -0.2) is 9.82 Å². The molecule has 112 valence electrons. The van der Waals surface area contributed by atoms with E-state index in [1.165, 1.54) is 24.4 Å². The molecule has 5 nitrogen and oxygen atoms in total. The lowest BCUT2D eigenvalue weighted by atomic mass is 10.2. The van der Waals surface area contributed by atoms with Crippen molar-refractivity contribution in [1.82, 2.24) is 5.43 Å². The zero-order valence-corrected chi connectivity index (χ0v) is 12.0. The minimum Gasteiger partial charge on any atom is -0.318 e. The number of carbonyl (C=O) groups excluding carboxylic acids is 2. The lowest BCUT2D eigenvalue weighted by molar-refractivity contribution is -0.136. The number of benzene rings is 2. The summed E-state index contributed by atoms with van der Waals surface area (Å²) in [6, 6.07) is 12.1. The van der Waals surface area contributed by atoms with E-state index in [4.69, 9.17) is 11.6 Å². The quantitative estimate of drug-likeness (QED) is 0.518. The molecule has 0 aliphatic heterocycles. The van der Waals surface area contributed by atoms with Crippen LogP contribution >= 0.6 is 11.6 Å². The smallest absolute Gasteiger partial charge is 0.318 e. The van der Waals surface area contributed by atoms with E-state index in [0.29, 0.717) is 10.6 Å². The summed E-state index contributed by atoms with van der Waals surface area (Å²) in [6.45, 7) is 0. The fourth-order valence-corrected chi connectivity index (χ4v) is 1.73. The zero-order valence-electron chi connectivity index (χ0n) is 11.2. The first-order chi connectivity index (χ1) is 10.6. The van der Waals surface area contributed by atoms with Gasteiger partial charge in [-0.15, -0.1) is 0 Å². The van der Waals surface area contributed by atoms with Crippen LogP contribution in [0.1, 0.15) is 5.56 Å². The number of anilines is 1. The maximum Gasteiger partial charge on any atom is 0.329 e. The van der Waals surface area contributed by atoms with Gasteiger partial charge in [0, 0.05) is 16.3 Å². The average molecular weight is 320 g/mol. The first kappa shape index (κ1) is 15.7. The summed E-state index contributed by atoms with van der Waals surface area (Å²) < 4.78 is 13.0. The summed E-state index contributed by atoms with van der Waals surface area (Å²) in [5.41, 5.74) is 2.83. The Morgan fingerprint density at radius 2 is 1.86 bits per heavy atom. The Hall–Kier alpha value is -2.73. The molecule has 0 spiro atoms. The molecule has 0 heterocycles. The van der Waals surface area contributed by atoms with Gasteiger partial charge in [-0.2, -0.15) is 5.10 Å². The van der Waals surface area contributed by atoms with Crippen molar-refractivity contribution in [2.45, 2.75) is 0 Å². The predicted octanol–water partition coefficient (Wildman–Crippen LogP) is 2.57. The molecular weight excluding hydrogens is 309 g/mol. The third kappa shape index (κ3) is 4.39. The number of carbonyl (C=O) groups is 2. The first-order valence-corrected chi connectivity index (χ1v) is 6.58. The molecule has 0 fully saturated rings. The lowest BCUT2D eigenvalue weighted by Gasteiger charge is -2.03. The second kappa shape index (κ2) is 7.33. The molecule has 0 aromatic heterocycles. The number of nitrogens with one attached hydrogen (secondary N) is 2. The fourth-order valence-electron chi connectivity index (χ4n) is 1.55. The van der Waals surface area contributed by atoms with Gasteiger partial charge < -0.3 is 5.32 Å². The molecule has 2 N–H and O–H groups in total. The second-order valence-corrected chi connectivity index (χ2v) is 4.59. The highest BCUT2D eigenvalue weighted by Crippen LogP contribution is 2.12. The van der Waals surface area contributed by atoms with E-state index in [2.05, 4.69) is 15.8 Å². The molecule has 2 rings (SSSR count). The SMILES string of the molecule is O=C(NN=Cc1ccccc1Cl)C(=O)Nc1cccc(F)c1. The molecule has 2 aromatic carbocycles. The van der Waals surface area contributed by atoms with E-state index in [9.17, 15) is 14.0 Å². The highest BCUT2D eigenvalue weighted by atomic mass is 35.5. The van der Waals surface area contributed by atoms with Gasteiger partial charge in [0.05, 0.1) is 6.21 Å². The Bertz CT molecular complexity index is 734. The molecular formula is C15H11ClFN3O2. The van der Waals surface area contributed by atoms with Crippen LogP contribution < -0.4 is 10.7 Å².